The lowest BCUT2D eigenvalue weighted by Gasteiger charge is -2.41. The first-order valence-electron chi connectivity index (χ1n) is 9.53. The van der Waals surface area contributed by atoms with Crippen LogP contribution in [0.3, 0.4) is 0 Å². The lowest BCUT2D eigenvalue weighted by molar-refractivity contribution is -0.159. The van der Waals surface area contributed by atoms with Crippen LogP contribution in [-0.2, 0) is 9.59 Å². The molecule has 28 heavy (non-hydrogen) atoms. The minimum absolute atomic E-state index is 0.111. The first-order chi connectivity index (χ1) is 13.3. The predicted molar refractivity (Wildman–Crippen MR) is 106 cm³/mol. The molecule has 8 heteroatoms. The number of rotatable bonds is 2. The summed E-state index contributed by atoms with van der Waals surface area (Å²) in [6, 6.07) is 8.00. The largest absolute Gasteiger partial charge is 0.473 e. The first kappa shape index (κ1) is 22.2. The summed E-state index contributed by atoms with van der Waals surface area (Å²) < 4.78 is 0. The van der Waals surface area contributed by atoms with Crippen molar-refractivity contribution in [3.63, 3.8) is 0 Å². The number of hydrogen-bond acceptors (Lipinski definition) is 4. The Morgan fingerprint density at radius 1 is 0.964 bits per heavy atom. The molecule has 3 rings (SSSR count). The van der Waals surface area contributed by atoms with Gasteiger partial charge in [0.25, 0.3) is 5.91 Å². The molecule has 0 bridgehead atoms. The molecule has 1 saturated carbocycles. The second kappa shape index (κ2) is 10.4. The van der Waals surface area contributed by atoms with Gasteiger partial charge in [-0.3, -0.25) is 9.69 Å². The number of piperazine rings is 1. The quantitative estimate of drug-likeness (QED) is 0.727. The average molecular weight is 411 g/mol. The second-order valence-corrected chi connectivity index (χ2v) is 7.80. The number of carboxylic acid groups (broad SMARTS) is 2. The van der Waals surface area contributed by atoms with Gasteiger partial charge < -0.3 is 15.1 Å². The highest BCUT2D eigenvalue weighted by Crippen LogP contribution is 2.27. The van der Waals surface area contributed by atoms with Crippen molar-refractivity contribution in [1.29, 1.82) is 0 Å². The van der Waals surface area contributed by atoms with Crippen molar-refractivity contribution in [2.45, 2.75) is 38.6 Å². The summed E-state index contributed by atoms with van der Waals surface area (Å²) in [5.41, 5.74) is 0.701. The van der Waals surface area contributed by atoms with Crippen molar-refractivity contribution >= 4 is 29.4 Å². The molecule has 2 aliphatic rings. The van der Waals surface area contributed by atoms with E-state index in [-0.39, 0.29) is 5.91 Å². The molecule has 2 fully saturated rings. The Labute approximate surface area is 169 Å². The monoisotopic (exact) mass is 410 g/mol. The molecule has 0 radical (unpaired) electrons. The van der Waals surface area contributed by atoms with Crippen molar-refractivity contribution < 1.29 is 24.6 Å². The minimum atomic E-state index is -1.82. The van der Waals surface area contributed by atoms with Crippen molar-refractivity contribution in [2.75, 3.05) is 26.2 Å². The number of aliphatic carboxylic acids is 2. The lowest BCUT2D eigenvalue weighted by atomic mass is 9.86. The maximum atomic E-state index is 12.5. The molecular formula is C20H27ClN2O5. The molecule has 0 atom stereocenters. The van der Waals surface area contributed by atoms with Gasteiger partial charge in [-0.15, -0.1) is 0 Å². The maximum Gasteiger partial charge on any atom is 0.414 e. The van der Waals surface area contributed by atoms with E-state index in [1.807, 2.05) is 17.0 Å². The Bertz CT molecular complexity index is 684. The van der Waals surface area contributed by atoms with Gasteiger partial charge in [-0.1, -0.05) is 24.6 Å². The molecular weight excluding hydrogens is 384 g/mol. The fourth-order valence-corrected chi connectivity index (χ4v) is 3.89. The summed E-state index contributed by atoms with van der Waals surface area (Å²) in [6.07, 6.45) is 5.35. The van der Waals surface area contributed by atoms with E-state index in [0.29, 0.717) is 10.6 Å². The van der Waals surface area contributed by atoms with Crippen LogP contribution in [0.1, 0.15) is 43.0 Å². The van der Waals surface area contributed by atoms with Crippen LogP contribution in [0.5, 0.6) is 0 Å². The smallest absolute Gasteiger partial charge is 0.414 e. The molecule has 1 heterocycles. The number of carbonyl (C=O) groups is 3. The van der Waals surface area contributed by atoms with Gasteiger partial charge >= 0.3 is 11.9 Å². The highest BCUT2D eigenvalue weighted by molar-refractivity contribution is 6.31. The van der Waals surface area contributed by atoms with Gasteiger partial charge in [-0.2, -0.15) is 0 Å². The molecule has 1 saturated heterocycles. The molecule has 1 amide bonds. The average Bonchev–Trinajstić information content (AvgIpc) is 2.68. The molecule has 1 aromatic rings. The SMILES string of the molecule is CC1CCC(N2CCN(C(=O)c3cccc(Cl)c3)CC2)CC1.O=C(O)C(=O)O. The topological polar surface area (TPSA) is 98.2 Å². The van der Waals surface area contributed by atoms with Crippen LogP contribution in [0, 0.1) is 5.92 Å². The number of halogens is 1. The maximum absolute atomic E-state index is 12.5. The van der Waals surface area contributed by atoms with Gasteiger partial charge in [0.2, 0.25) is 0 Å². The Balaban J connectivity index is 0.000000409. The summed E-state index contributed by atoms with van der Waals surface area (Å²) in [6.45, 7) is 6.03. The zero-order valence-corrected chi connectivity index (χ0v) is 16.8. The molecule has 1 aromatic carbocycles. The number of nitrogens with zero attached hydrogens (tertiary/aromatic N) is 2. The van der Waals surface area contributed by atoms with Crippen LogP contribution in [0.4, 0.5) is 0 Å². The van der Waals surface area contributed by atoms with Crippen molar-refractivity contribution in [3.8, 4) is 0 Å². The van der Waals surface area contributed by atoms with Crippen molar-refractivity contribution in [1.82, 2.24) is 9.80 Å². The van der Waals surface area contributed by atoms with Gasteiger partial charge in [0.05, 0.1) is 0 Å². The van der Waals surface area contributed by atoms with Gasteiger partial charge in [-0.05, 0) is 49.8 Å². The van der Waals surface area contributed by atoms with Crippen LogP contribution in [0.15, 0.2) is 24.3 Å². The summed E-state index contributed by atoms with van der Waals surface area (Å²) in [7, 11) is 0. The second-order valence-electron chi connectivity index (χ2n) is 7.36. The van der Waals surface area contributed by atoms with E-state index in [1.54, 1.807) is 12.1 Å². The third-order valence-electron chi connectivity index (χ3n) is 5.36. The van der Waals surface area contributed by atoms with Crippen LogP contribution >= 0.6 is 11.6 Å². The predicted octanol–water partition coefficient (Wildman–Crippen LogP) is 2.83. The van der Waals surface area contributed by atoms with Gasteiger partial charge in [-0.25, -0.2) is 9.59 Å². The Hall–Kier alpha value is -2.12. The molecule has 154 valence electrons. The lowest BCUT2D eigenvalue weighted by Crippen LogP contribution is -2.52. The van der Waals surface area contributed by atoms with Crippen LogP contribution < -0.4 is 0 Å². The summed E-state index contributed by atoms with van der Waals surface area (Å²) >= 11 is 5.99. The molecule has 1 aliphatic heterocycles. The van der Waals surface area contributed by atoms with Crippen LogP contribution in [-0.4, -0.2) is 70.1 Å². The van der Waals surface area contributed by atoms with Crippen LogP contribution in [0.2, 0.25) is 5.02 Å². The zero-order valence-electron chi connectivity index (χ0n) is 16.0. The third kappa shape index (κ3) is 6.49. The molecule has 7 nitrogen and oxygen atoms in total. The zero-order chi connectivity index (χ0) is 20.7. The molecule has 0 unspecified atom stereocenters. The molecule has 0 aromatic heterocycles. The normalized spacial score (nSPS) is 22.7. The molecule has 0 spiro atoms. The van der Waals surface area contributed by atoms with E-state index in [4.69, 9.17) is 31.4 Å². The first-order valence-corrected chi connectivity index (χ1v) is 9.90. The van der Waals surface area contributed by atoms with E-state index in [9.17, 15) is 4.79 Å². The van der Waals surface area contributed by atoms with E-state index in [0.717, 1.165) is 38.1 Å². The Kier molecular flexibility index (Phi) is 8.26. The fraction of sp³-hybridized carbons (Fsp3) is 0.550. The van der Waals surface area contributed by atoms with Crippen LogP contribution in [0.25, 0.3) is 0 Å². The van der Waals surface area contributed by atoms with Gasteiger partial charge in [0, 0.05) is 42.8 Å². The minimum Gasteiger partial charge on any atom is -0.473 e. The van der Waals surface area contributed by atoms with E-state index < -0.39 is 11.9 Å². The highest BCUT2D eigenvalue weighted by atomic mass is 35.5. The summed E-state index contributed by atoms with van der Waals surface area (Å²) in [4.78, 5) is 35.3. The Morgan fingerprint density at radius 2 is 1.54 bits per heavy atom. The number of hydrogen-bond donors (Lipinski definition) is 2. The van der Waals surface area contributed by atoms with Gasteiger partial charge in [0.1, 0.15) is 0 Å². The van der Waals surface area contributed by atoms with E-state index in [2.05, 4.69) is 11.8 Å². The number of carboxylic acids is 2. The van der Waals surface area contributed by atoms with E-state index in [1.165, 1.54) is 25.7 Å². The number of amides is 1. The molecule has 2 N–H and O–H groups in total. The number of carbonyl (C=O) groups excluding carboxylic acids is 1. The fourth-order valence-electron chi connectivity index (χ4n) is 3.70. The molecule has 1 aliphatic carbocycles. The third-order valence-corrected chi connectivity index (χ3v) is 5.59. The standard InChI is InChI=1S/C18H25ClN2O.C2H2O4/c1-14-5-7-17(8-6-14)20-9-11-21(12-10-20)18(22)15-3-2-4-16(19)13-15;3-1(4)2(5)6/h2-4,13-14,17H,5-12H2,1H3;(H,3,4)(H,5,6). The van der Waals surface area contributed by atoms with Crippen molar-refractivity contribution in [2.24, 2.45) is 5.92 Å². The number of benzene rings is 1. The van der Waals surface area contributed by atoms with E-state index >= 15 is 0 Å². The highest BCUT2D eigenvalue weighted by Gasteiger charge is 2.28. The summed E-state index contributed by atoms with van der Waals surface area (Å²) in [5, 5.41) is 15.4. The Morgan fingerprint density at radius 3 is 2.04 bits per heavy atom. The van der Waals surface area contributed by atoms with Crippen molar-refractivity contribution in [3.05, 3.63) is 34.9 Å². The van der Waals surface area contributed by atoms with Gasteiger partial charge in [0.15, 0.2) is 0 Å². The summed E-state index contributed by atoms with van der Waals surface area (Å²) in [5.74, 6) is -2.65.